The fourth-order valence-corrected chi connectivity index (χ4v) is 4.10. The van der Waals surface area contributed by atoms with Crippen LogP contribution in [0.1, 0.15) is 27.3 Å². The van der Waals surface area contributed by atoms with Crippen molar-refractivity contribution in [2.75, 3.05) is 12.4 Å². The lowest BCUT2D eigenvalue weighted by Crippen LogP contribution is -2.16. The van der Waals surface area contributed by atoms with Gasteiger partial charge in [0.25, 0.3) is 0 Å². The van der Waals surface area contributed by atoms with Crippen LogP contribution in [-0.2, 0) is 22.6 Å². The largest absolute Gasteiger partial charge is 0.497 e. The Balaban J connectivity index is 1.35. The molecule has 3 aromatic carbocycles. The maximum absolute atomic E-state index is 12.7. The van der Waals surface area contributed by atoms with E-state index in [0.29, 0.717) is 24.1 Å². The quantitative estimate of drug-likeness (QED) is 0.375. The molecule has 0 atom stereocenters. The number of fused-ring (bicyclic) bond motifs is 1. The minimum atomic E-state index is -0.504. The third kappa shape index (κ3) is 5.31. The van der Waals surface area contributed by atoms with E-state index in [9.17, 15) is 9.59 Å². The Bertz CT molecular complexity index is 1200. The third-order valence-corrected chi connectivity index (χ3v) is 5.90. The number of methoxy groups -OCH3 is 1. The number of esters is 1. The normalized spacial score (nSPS) is 10.7. The van der Waals surface area contributed by atoms with Crippen molar-refractivity contribution in [1.82, 2.24) is 4.98 Å². The van der Waals surface area contributed by atoms with Crippen LogP contribution in [0.3, 0.4) is 0 Å². The Morgan fingerprint density at radius 3 is 2.50 bits per heavy atom. The lowest BCUT2D eigenvalue weighted by molar-refractivity contribution is -0.116. The third-order valence-electron chi connectivity index (χ3n) is 4.89. The Kier molecular flexibility index (Phi) is 6.77. The first-order valence-electron chi connectivity index (χ1n) is 10.2. The highest BCUT2D eigenvalue weighted by Gasteiger charge is 2.15. The first-order valence-corrected chi connectivity index (χ1v) is 11.0. The summed E-state index contributed by atoms with van der Waals surface area (Å²) >= 11 is 1.49. The molecule has 1 aromatic heterocycles. The van der Waals surface area contributed by atoms with Crippen LogP contribution in [0.25, 0.3) is 10.2 Å². The standard InChI is InChI=1S/C25H22N2O4S/c1-30-18-13-10-17(11-14-18)12-15-23(28)26-20-7-3-2-6-19(20)25(29)31-16-24-27-21-8-4-5-9-22(21)32-24/h2-11,13-14H,12,15-16H2,1H3,(H,26,28). The summed E-state index contributed by atoms with van der Waals surface area (Å²) in [4.78, 5) is 29.6. The minimum Gasteiger partial charge on any atom is -0.497 e. The molecule has 0 aliphatic heterocycles. The van der Waals surface area contributed by atoms with Gasteiger partial charge in [-0.2, -0.15) is 0 Å². The van der Waals surface area contributed by atoms with Gasteiger partial charge < -0.3 is 14.8 Å². The van der Waals surface area contributed by atoms with Crippen LogP contribution in [0, 0.1) is 0 Å². The van der Waals surface area contributed by atoms with E-state index in [1.807, 2.05) is 48.5 Å². The molecule has 1 heterocycles. The van der Waals surface area contributed by atoms with Crippen molar-refractivity contribution in [2.45, 2.75) is 19.4 Å². The summed E-state index contributed by atoms with van der Waals surface area (Å²) in [7, 11) is 1.62. The number of carbonyl (C=O) groups excluding carboxylic acids is 2. The maximum Gasteiger partial charge on any atom is 0.340 e. The average molecular weight is 447 g/mol. The topological polar surface area (TPSA) is 77.5 Å². The van der Waals surface area contributed by atoms with E-state index >= 15 is 0 Å². The van der Waals surface area contributed by atoms with Crippen molar-refractivity contribution in [3.8, 4) is 5.75 Å². The first kappa shape index (κ1) is 21.5. The van der Waals surface area contributed by atoms with Crippen molar-refractivity contribution in [1.29, 1.82) is 0 Å². The number of aromatic nitrogens is 1. The zero-order valence-corrected chi connectivity index (χ0v) is 18.4. The molecule has 0 aliphatic rings. The molecule has 0 aliphatic carbocycles. The zero-order valence-electron chi connectivity index (χ0n) is 17.5. The van der Waals surface area contributed by atoms with Crippen molar-refractivity contribution in [3.63, 3.8) is 0 Å². The molecule has 1 amide bonds. The van der Waals surface area contributed by atoms with Gasteiger partial charge in [-0.05, 0) is 48.4 Å². The molecule has 162 valence electrons. The molecule has 6 nitrogen and oxygen atoms in total. The predicted molar refractivity (Wildman–Crippen MR) is 125 cm³/mol. The summed E-state index contributed by atoms with van der Waals surface area (Å²) in [5, 5.41) is 3.55. The highest BCUT2D eigenvalue weighted by molar-refractivity contribution is 7.18. The van der Waals surface area contributed by atoms with Crippen LogP contribution in [0.2, 0.25) is 0 Å². The van der Waals surface area contributed by atoms with Gasteiger partial charge in [-0.3, -0.25) is 4.79 Å². The summed E-state index contributed by atoms with van der Waals surface area (Å²) in [6.07, 6.45) is 0.876. The van der Waals surface area contributed by atoms with Gasteiger partial charge in [-0.15, -0.1) is 11.3 Å². The smallest absolute Gasteiger partial charge is 0.340 e. The fourth-order valence-electron chi connectivity index (χ4n) is 3.22. The Morgan fingerprint density at radius 2 is 1.72 bits per heavy atom. The van der Waals surface area contributed by atoms with E-state index < -0.39 is 5.97 Å². The predicted octanol–water partition coefficient (Wildman–Crippen LogP) is 5.23. The molecule has 0 saturated heterocycles. The number of hydrogen-bond donors (Lipinski definition) is 1. The molecular formula is C25H22N2O4S. The number of nitrogens with one attached hydrogen (secondary N) is 1. The van der Waals surface area contributed by atoms with E-state index in [-0.39, 0.29) is 12.5 Å². The second-order valence-corrected chi connectivity index (χ2v) is 8.21. The summed E-state index contributed by atoms with van der Waals surface area (Å²) in [5.74, 6) is 0.0963. The molecule has 1 N–H and O–H groups in total. The molecule has 7 heteroatoms. The van der Waals surface area contributed by atoms with Crippen LogP contribution in [0.4, 0.5) is 5.69 Å². The number of thiazole rings is 1. The molecule has 0 fully saturated rings. The highest BCUT2D eigenvalue weighted by atomic mass is 32.1. The SMILES string of the molecule is COc1ccc(CCC(=O)Nc2ccccc2C(=O)OCc2nc3ccccc3s2)cc1. The van der Waals surface area contributed by atoms with Gasteiger partial charge in [0.05, 0.1) is 28.6 Å². The van der Waals surface area contributed by atoms with Crippen molar-refractivity contribution >= 4 is 39.1 Å². The lowest BCUT2D eigenvalue weighted by Gasteiger charge is -2.11. The van der Waals surface area contributed by atoms with Crippen molar-refractivity contribution in [2.24, 2.45) is 0 Å². The minimum absolute atomic E-state index is 0.0813. The molecule has 0 bridgehead atoms. The van der Waals surface area contributed by atoms with Gasteiger partial charge in [-0.25, -0.2) is 9.78 Å². The number of amides is 1. The Hall–Kier alpha value is -3.71. The van der Waals surface area contributed by atoms with Crippen LogP contribution in [0.5, 0.6) is 5.75 Å². The van der Waals surface area contributed by atoms with E-state index in [1.54, 1.807) is 31.4 Å². The van der Waals surface area contributed by atoms with E-state index in [4.69, 9.17) is 9.47 Å². The number of ether oxygens (including phenoxy) is 2. The molecule has 4 aromatic rings. The number of para-hydroxylation sites is 2. The highest BCUT2D eigenvalue weighted by Crippen LogP contribution is 2.23. The van der Waals surface area contributed by atoms with Gasteiger partial charge in [0.2, 0.25) is 5.91 Å². The van der Waals surface area contributed by atoms with Gasteiger partial charge in [0, 0.05) is 6.42 Å². The van der Waals surface area contributed by atoms with E-state index in [1.165, 1.54) is 11.3 Å². The lowest BCUT2D eigenvalue weighted by atomic mass is 10.1. The number of anilines is 1. The number of benzene rings is 3. The Labute approximate surface area is 189 Å². The van der Waals surface area contributed by atoms with Crippen molar-refractivity contribution < 1.29 is 19.1 Å². The number of rotatable bonds is 8. The average Bonchev–Trinajstić information content (AvgIpc) is 3.25. The molecular weight excluding hydrogens is 424 g/mol. The summed E-state index contributed by atoms with van der Waals surface area (Å²) in [6.45, 7) is 0.0813. The first-order chi connectivity index (χ1) is 15.6. The van der Waals surface area contributed by atoms with Gasteiger partial charge in [0.1, 0.15) is 17.4 Å². The summed E-state index contributed by atoms with van der Waals surface area (Å²) in [6, 6.07) is 22.2. The van der Waals surface area contributed by atoms with Crippen LogP contribution in [0.15, 0.2) is 72.8 Å². The second kappa shape index (κ2) is 10.1. The summed E-state index contributed by atoms with van der Waals surface area (Å²) in [5.41, 5.74) is 2.66. The van der Waals surface area contributed by atoms with E-state index in [2.05, 4.69) is 10.3 Å². The Morgan fingerprint density at radius 1 is 0.969 bits per heavy atom. The van der Waals surface area contributed by atoms with Crippen LogP contribution >= 0.6 is 11.3 Å². The maximum atomic E-state index is 12.7. The number of aryl methyl sites for hydroxylation is 1. The molecule has 0 unspecified atom stereocenters. The fraction of sp³-hybridized carbons (Fsp3) is 0.160. The molecule has 32 heavy (non-hydrogen) atoms. The molecule has 4 rings (SSSR count). The second-order valence-electron chi connectivity index (χ2n) is 7.09. The molecule has 0 spiro atoms. The number of carbonyl (C=O) groups is 2. The molecule has 0 radical (unpaired) electrons. The number of hydrogen-bond acceptors (Lipinski definition) is 6. The van der Waals surface area contributed by atoms with Gasteiger partial charge in [0.15, 0.2) is 0 Å². The molecule has 0 saturated carbocycles. The van der Waals surface area contributed by atoms with Crippen molar-refractivity contribution in [3.05, 3.63) is 88.9 Å². The number of nitrogens with zero attached hydrogens (tertiary/aromatic N) is 1. The monoisotopic (exact) mass is 446 g/mol. The van der Waals surface area contributed by atoms with Gasteiger partial charge in [-0.1, -0.05) is 36.4 Å². The van der Waals surface area contributed by atoms with E-state index in [0.717, 1.165) is 26.5 Å². The van der Waals surface area contributed by atoms with Gasteiger partial charge >= 0.3 is 5.97 Å². The zero-order chi connectivity index (χ0) is 22.3. The summed E-state index contributed by atoms with van der Waals surface area (Å²) < 4.78 is 11.7. The van der Waals surface area contributed by atoms with Crippen LogP contribution < -0.4 is 10.1 Å². The van der Waals surface area contributed by atoms with Crippen LogP contribution in [-0.4, -0.2) is 24.0 Å².